The number of piperidine rings is 1. The number of ether oxygens (including phenoxy) is 2. The van der Waals surface area contributed by atoms with Crippen molar-refractivity contribution in [1.82, 2.24) is 0 Å². The molecule has 2 rings (SSSR count). The minimum Gasteiger partial charge on any atom is -0.495 e. The first-order chi connectivity index (χ1) is 9.26. The van der Waals surface area contributed by atoms with Gasteiger partial charge in [-0.05, 0) is 31.9 Å². The Kier molecular flexibility index (Phi) is 4.66. The molecular weight excluding hydrogens is 242 g/mol. The summed E-state index contributed by atoms with van der Waals surface area (Å²) in [5, 5.41) is 0. The van der Waals surface area contributed by atoms with E-state index < -0.39 is 0 Å². The largest absolute Gasteiger partial charge is 0.495 e. The second kappa shape index (κ2) is 6.45. The van der Waals surface area contributed by atoms with Gasteiger partial charge in [-0.3, -0.25) is 4.79 Å². The zero-order valence-electron chi connectivity index (χ0n) is 11.6. The average molecular weight is 263 g/mol. The third-order valence-electron chi connectivity index (χ3n) is 3.54. The monoisotopic (exact) mass is 263 g/mol. The van der Waals surface area contributed by atoms with E-state index in [4.69, 9.17) is 9.47 Å². The molecule has 0 aliphatic carbocycles. The summed E-state index contributed by atoms with van der Waals surface area (Å²) in [6.45, 7) is 4.04. The van der Waals surface area contributed by atoms with E-state index in [1.165, 1.54) is 0 Å². The quantitative estimate of drug-likeness (QED) is 0.782. The standard InChI is InChI=1S/C15H21NO3/c1-3-19-15(17)12-8-10-16(11-9-12)13-6-4-5-7-14(13)18-2/h4-7,12H,3,8-11H2,1-2H3. The maximum atomic E-state index is 11.7. The molecule has 1 aromatic rings. The van der Waals surface area contributed by atoms with Gasteiger partial charge in [0.2, 0.25) is 0 Å². The first-order valence-electron chi connectivity index (χ1n) is 6.80. The first-order valence-corrected chi connectivity index (χ1v) is 6.80. The van der Waals surface area contributed by atoms with Crippen LogP contribution in [0.15, 0.2) is 24.3 Å². The number of hydrogen-bond acceptors (Lipinski definition) is 4. The number of para-hydroxylation sites is 2. The molecule has 1 aliphatic rings. The number of hydrogen-bond donors (Lipinski definition) is 0. The molecule has 0 atom stereocenters. The molecule has 0 amide bonds. The number of esters is 1. The molecule has 4 nitrogen and oxygen atoms in total. The van der Waals surface area contributed by atoms with Gasteiger partial charge in [-0.25, -0.2) is 0 Å². The molecule has 1 saturated heterocycles. The summed E-state index contributed by atoms with van der Waals surface area (Å²) in [6, 6.07) is 8.00. The van der Waals surface area contributed by atoms with E-state index in [2.05, 4.69) is 11.0 Å². The van der Waals surface area contributed by atoms with E-state index in [1.807, 2.05) is 25.1 Å². The lowest BCUT2D eigenvalue weighted by molar-refractivity contribution is -0.148. The Morgan fingerprint density at radius 1 is 1.32 bits per heavy atom. The summed E-state index contributed by atoms with van der Waals surface area (Å²) in [5.41, 5.74) is 1.10. The number of carbonyl (C=O) groups is 1. The van der Waals surface area contributed by atoms with Crippen LogP contribution in [0.3, 0.4) is 0 Å². The highest BCUT2D eigenvalue weighted by Gasteiger charge is 2.26. The molecule has 0 aromatic heterocycles. The lowest BCUT2D eigenvalue weighted by Crippen LogP contribution is -2.37. The second-order valence-electron chi connectivity index (χ2n) is 4.69. The molecule has 104 valence electrons. The van der Waals surface area contributed by atoms with E-state index in [1.54, 1.807) is 7.11 Å². The summed E-state index contributed by atoms with van der Waals surface area (Å²) < 4.78 is 10.5. The Labute approximate surface area is 114 Å². The van der Waals surface area contributed by atoms with Crippen molar-refractivity contribution >= 4 is 11.7 Å². The minimum absolute atomic E-state index is 0.0471. The summed E-state index contributed by atoms with van der Waals surface area (Å²) >= 11 is 0. The van der Waals surface area contributed by atoms with Crippen LogP contribution in [0.5, 0.6) is 5.75 Å². The maximum absolute atomic E-state index is 11.7. The fourth-order valence-electron chi connectivity index (χ4n) is 2.51. The van der Waals surface area contributed by atoms with Gasteiger partial charge in [0.05, 0.1) is 25.3 Å². The van der Waals surface area contributed by atoms with E-state index >= 15 is 0 Å². The molecule has 1 aliphatic heterocycles. The topological polar surface area (TPSA) is 38.8 Å². The van der Waals surface area contributed by atoms with Gasteiger partial charge < -0.3 is 14.4 Å². The van der Waals surface area contributed by atoms with Gasteiger partial charge >= 0.3 is 5.97 Å². The molecule has 1 fully saturated rings. The van der Waals surface area contributed by atoms with Crippen LogP contribution in [0, 0.1) is 5.92 Å². The van der Waals surface area contributed by atoms with Crippen molar-refractivity contribution < 1.29 is 14.3 Å². The van der Waals surface area contributed by atoms with Crippen LogP contribution in [-0.2, 0) is 9.53 Å². The molecule has 0 N–H and O–H groups in total. The van der Waals surface area contributed by atoms with E-state index in [9.17, 15) is 4.79 Å². The van der Waals surface area contributed by atoms with E-state index in [0.717, 1.165) is 37.4 Å². The van der Waals surface area contributed by atoms with E-state index in [0.29, 0.717) is 6.61 Å². The lowest BCUT2D eigenvalue weighted by Gasteiger charge is -2.33. The molecule has 1 aromatic carbocycles. The maximum Gasteiger partial charge on any atom is 0.309 e. The summed E-state index contributed by atoms with van der Waals surface area (Å²) in [7, 11) is 1.68. The molecular formula is C15H21NO3. The van der Waals surface area contributed by atoms with Gasteiger partial charge in [-0.15, -0.1) is 0 Å². The number of rotatable bonds is 4. The summed E-state index contributed by atoms with van der Waals surface area (Å²) in [4.78, 5) is 14.0. The molecule has 19 heavy (non-hydrogen) atoms. The Morgan fingerprint density at radius 2 is 2.00 bits per heavy atom. The van der Waals surface area contributed by atoms with E-state index in [-0.39, 0.29) is 11.9 Å². The highest BCUT2D eigenvalue weighted by molar-refractivity contribution is 5.73. The molecule has 0 radical (unpaired) electrons. The van der Waals surface area contributed by atoms with Crippen LogP contribution < -0.4 is 9.64 Å². The highest BCUT2D eigenvalue weighted by atomic mass is 16.5. The zero-order valence-corrected chi connectivity index (χ0v) is 11.6. The molecule has 0 bridgehead atoms. The Hall–Kier alpha value is -1.71. The zero-order chi connectivity index (χ0) is 13.7. The molecule has 0 unspecified atom stereocenters. The minimum atomic E-state index is -0.0535. The fraction of sp³-hybridized carbons (Fsp3) is 0.533. The third-order valence-corrected chi connectivity index (χ3v) is 3.54. The average Bonchev–Trinajstić information content (AvgIpc) is 2.47. The van der Waals surface area contributed by atoms with Crippen molar-refractivity contribution in [2.24, 2.45) is 5.92 Å². The summed E-state index contributed by atoms with van der Waals surface area (Å²) in [6.07, 6.45) is 1.69. The molecule has 1 heterocycles. The van der Waals surface area contributed by atoms with Gasteiger partial charge in [0.15, 0.2) is 0 Å². The Balaban J connectivity index is 1.98. The van der Waals surface area contributed by atoms with Crippen molar-refractivity contribution in [3.05, 3.63) is 24.3 Å². The molecule has 0 spiro atoms. The number of methoxy groups -OCH3 is 1. The molecule has 4 heteroatoms. The van der Waals surface area contributed by atoms with Crippen LogP contribution in [-0.4, -0.2) is 32.8 Å². The van der Waals surface area contributed by atoms with Gasteiger partial charge in [0, 0.05) is 13.1 Å². The lowest BCUT2D eigenvalue weighted by atomic mass is 9.96. The number of anilines is 1. The third kappa shape index (κ3) is 3.19. The van der Waals surface area contributed by atoms with Crippen LogP contribution in [0.4, 0.5) is 5.69 Å². The van der Waals surface area contributed by atoms with Crippen molar-refractivity contribution in [2.75, 3.05) is 31.7 Å². The predicted molar refractivity (Wildman–Crippen MR) is 74.6 cm³/mol. The summed E-state index contributed by atoms with van der Waals surface area (Å²) in [5.74, 6) is 0.880. The van der Waals surface area contributed by atoms with Crippen LogP contribution >= 0.6 is 0 Å². The van der Waals surface area contributed by atoms with Crippen molar-refractivity contribution in [1.29, 1.82) is 0 Å². The number of carbonyl (C=O) groups excluding carboxylic acids is 1. The normalized spacial score (nSPS) is 16.2. The van der Waals surface area contributed by atoms with Gasteiger partial charge in [0.1, 0.15) is 5.75 Å². The van der Waals surface area contributed by atoms with Crippen LogP contribution in [0.25, 0.3) is 0 Å². The number of nitrogens with zero attached hydrogens (tertiary/aromatic N) is 1. The van der Waals surface area contributed by atoms with Crippen LogP contribution in [0.1, 0.15) is 19.8 Å². The Morgan fingerprint density at radius 3 is 2.63 bits per heavy atom. The van der Waals surface area contributed by atoms with Crippen molar-refractivity contribution in [2.45, 2.75) is 19.8 Å². The fourth-order valence-corrected chi connectivity index (χ4v) is 2.51. The first kappa shape index (κ1) is 13.7. The SMILES string of the molecule is CCOC(=O)C1CCN(c2ccccc2OC)CC1. The number of benzene rings is 1. The van der Waals surface area contributed by atoms with Crippen LogP contribution in [0.2, 0.25) is 0 Å². The van der Waals surface area contributed by atoms with Crippen molar-refractivity contribution in [3.63, 3.8) is 0 Å². The van der Waals surface area contributed by atoms with Gasteiger partial charge in [-0.1, -0.05) is 12.1 Å². The predicted octanol–water partition coefficient (Wildman–Crippen LogP) is 2.47. The van der Waals surface area contributed by atoms with Gasteiger partial charge in [-0.2, -0.15) is 0 Å². The second-order valence-corrected chi connectivity index (χ2v) is 4.69. The van der Waals surface area contributed by atoms with Gasteiger partial charge in [0.25, 0.3) is 0 Å². The Bertz CT molecular complexity index is 425. The highest BCUT2D eigenvalue weighted by Crippen LogP contribution is 2.31. The smallest absolute Gasteiger partial charge is 0.309 e. The van der Waals surface area contributed by atoms with Crippen molar-refractivity contribution in [3.8, 4) is 5.75 Å². The molecule has 0 saturated carbocycles.